The van der Waals surface area contributed by atoms with Crippen LogP contribution >= 0.6 is 12.2 Å². The van der Waals surface area contributed by atoms with E-state index in [-0.39, 0.29) is 17.3 Å². The van der Waals surface area contributed by atoms with Gasteiger partial charge in [-0.1, -0.05) is 42.5 Å². The number of fused-ring (bicyclic) bond motifs is 3. The highest BCUT2D eigenvalue weighted by atomic mass is 32.1. The van der Waals surface area contributed by atoms with E-state index in [1.807, 2.05) is 0 Å². The van der Waals surface area contributed by atoms with Crippen molar-refractivity contribution < 1.29 is 14.5 Å². The number of anilines is 3. The first kappa shape index (κ1) is 26.7. The molecule has 0 atom stereocenters. The van der Waals surface area contributed by atoms with Gasteiger partial charge in [0, 0.05) is 65.8 Å². The number of benzene rings is 4. The van der Waals surface area contributed by atoms with E-state index >= 15 is 0 Å². The molecule has 0 fully saturated rings. The maximum Gasteiger partial charge on any atom is 0.277 e. The molecule has 0 amide bonds. The Hall–Kier alpha value is -4.87. The van der Waals surface area contributed by atoms with Crippen LogP contribution in [0.25, 0.3) is 10.8 Å². The van der Waals surface area contributed by atoms with Crippen LogP contribution in [0.2, 0.25) is 0 Å². The zero-order valence-electron chi connectivity index (χ0n) is 21.3. The van der Waals surface area contributed by atoms with Crippen molar-refractivity contribution in [2.75, 3.05) is 42.1 Å². The maximum atomic E-state index is 13.5. The second-order valence-electron chi connectivity index (χ2n) is 9.07. The lowest BCUT2D eigenvalue weighted by molar-refractivity contribution is -0.383. The number of thiocarbonyl (C=S) groups is 1. The predicted octanol–water partition coefficient (Wildman–Crippen LogP) is 4.29. The van der Waals surface area contributed by atoms with Crippen LogP contribution in [0.15, 0.2) is 72.8 Å². The molecule has 5 rings (SSSR count). The number of hydrogen-bond acceptors (Lipinski definition) is 8. The van der Waals surface area contributed by atoms with Gasteiger partial charge in [0.15, 0.2) is 16.7 Å². The van der Waals surface area contributed by atoms with Crippen LogP contribution < -0.4 is 27.0 Å². The van der Waals surface area contributed by atoms with E-state index in [4.69, 9.17) is 18.0 Å². The second kappa shape index (κ2) is 11.5. The third-order valence-electron chi connectivity index (χ3n) is 6.61. The summed E-state index contributed by atoms with van der Waals surface area (Å²) in [7, 11) is 0. The van der Waals surface area contributed by atoms with Gasteiger partial charge >= 0.3 is 0 Å². The molecule has 11 heteroatoms. The third kappa shape index (κ3) is 5.07. The standard InChI is InChI=1S/C29H26N6O4S/c30-13-14-31-22-9-10-23(26-25(22)27(36)19-7-3-4-8-20(19)28(26)37)32-15-16-33-29(40)34-21-11-12-24(35(38)39)18-6-2-1-5-17(18)21/h1-12,31-32H,13-16,30H2,(H2,33,34,40). The van der Waals surface area contributed by atoms with Crippen molar-refractivity contribution in [1.29, 1.82) is 0 Å². The zero-order valence-corrected chi connectivity index (χ0v) is 22.1. The number of hydrogen-bond donors (Lipinski definition) is 5. The summed E-state index contributed by atoms with van der Waals surface area (Å²) in [6, 6.07) is 20.5. The van der Waals surface area contributed by atoms with Crippen LogP contribution in [-0.4, -0.2) is 47.8 Å². The van der Waals surface area contributed by atoms with E-state index in [0.29, 0.717) is 81.4 Å². The predicted molar refractivity (Wildman–Crippen MR) is 161 cm³/mol. The van der Waals surface area contributed by atoms with E-state index < -0.39 is 4.92 Å². The number of rotatable bonds is 9. The number of nitro groups is 1. The quantitative estimate of drug-likeness (QED) is 0.0772. The van der Waals surface area contributed by atoms with Gasteiger partial charge in [-0.3, -0.25) is 19.7 Å². The van der Waals surface area contributed by atoms with Gasteiger partial charge in [0.25, 0.3) is 5.69 Å². The summed E-state index contributed by atoms with van der Waals surface area (Å²) in [6.07, 6.45) is 0. The summed E-state index contributed by atoms with van der Waals surface area (Å²) in [6.45, 7) is 1.63. The highest BCUT2D eigenvalue weighted by Crippen LogP contribution is 2.36. The Balaban J connectivity index is 1.29. The minimum atomic E-state index is -0.412. The molecule has 0 bridgehead atoms. The van der Waals surface area contributed by atoms with Crippen LogP contribution in [0.3, 0.4) is 0 Å². The average Bonchev–Trinajstić information content (AvgIpc) is 2.97. The molecule has 1 aliphatic carbocycles. The van der Waals surface area contributed by atoms with Gasteiger partial charge in [-0.05, 0) is 36.5 Å². The molecule has 6 N–H and O–H groups in total. The molecule has 0 aromatic heterocycles. The Morgan fingerprint density at radius 3 is 1.90 bits per heavy atom. The van der Waals surface area contributed by atoms with Crippen molar-refractivity contribution in [3.63, 3.8) is 0 Å². The van der Waals surface area contributed by atoms with Crippen LogP contribution in [0.5, 0.6) is 0 Å². The molecule has 0 radical (unpaired) electrons. The summed E-state index contributed by atoms with van der Waals surface area (Å²) in [5.74, 6) is -0.438. The lowest BCUT2D eigenvalue weighted by atomic mass is 9.82. The van der Waals surface area contributed by atoms with Crippen molar-refractivity contribution in [1.82, 2.24) is 5.32 Å². The zero-order chi connectivity index (χ0) is 28.2. The lowest BCUT2D eigenvalue weighted by Crippen LogP contribution is -2.33. The minimum absolute atomic E-state index is 0.0208. The van der Waals surface area contributed by atoms with E-state index in [0.717, 1.165) is 0 Å². The van der Waals surface area contributed by atoms with Crippen LogP contribution in [0.1, 0.15) is 31.8 Å². The maximum absolute atomic E-state index is 13.5. The number of nitrogens with one attached hydrogen (secondary N) is 4. The molecule has 1 aliphatic rings. The highest BCUT2D eigenvalue weighted by molar-refractivity contribution is 7.80. The first-order chi connectivity index (χ1) is 19.4. The van der Waals surface area contributed by atoms with E-state index in [1.54, 1.807) is 66.7 Å². The Bertz CT molecular complexity index is 1670. The van der Waals surface area contributed by atoms with Crippen molar-refractivity contribution in [3.8, 4) is 0 Å². The summed E-state index contributed by atoms with van der Waals surface area (Å²) >= 11 is 5.45. The van der Waals surface area contributed by atoms with Gasteiger partial charge in [0.05, 0.1) is 21.4 Å². The number of ketones is 2. The monoisotopic (exact) mass is 554 g/mol. The van der Waals surface area contributed by atoms with Gasteiger partial charge in [0.1, 0.15) is 0 Å². The van der Waals surface area contributed by atoms with Crippen LogP contribution in [0.4, 0.5) is 22.7 Å². The molecule has 4 aromatic rings. The molecular formula is C29H26N6O4S. The molecular weight excluding hydrogens is 528 g/mol. The number of nitrogens with two attached hydrogens (primary N) is 1. The van der Waals surface area contributed by atoms with Crippen molar-refractivity contribution in [2.24, 2.45) is 5.73 Å². The summed E-state index contributed by atoms with van der Waals surface area (Å²) in [4.78, 5) is 37.9. The van der Waals surface area contributed by atoms with Gasteiger partial charge in [0.2, 0.25) is 0 Å². The summed E-state index contributed by atoms with van der Waals surface area (Å²) in [5.41, 5.74) is 8.83. The minimum Gasteiger partial charge on any atom is -0.383 e. The fourth-order valence-electron chi connectivity index (χ4n) is 4.82. The lowest BCUT2D eigenvalue weighted by Gasteiger charge is -2.24. The first-order valence-corrected chi connectivity index (χ1v) is 13.1. The van der Waals surface area contributed by atoms with E-state index in [1.165, 1.54) is 6.07 Å². The Morgan fingerprint density at radius 2 is 1.30 bits per heavy atom. The molecule has 202 valence electrons. The summed E-state index contributed by atoms with van der Waals surface area (Å²) in [5, 5.41) is 25.5. The van der Waals surface area contributed by atoms with Gasteiger partial charge in [-0.25, -0.2) is 0 Å². The third-order valence-corrected chi connectivity index (χ3v) is 6.85. The fraction of sp³-hybridized carbons (Fsp3) is 0.138. The Kier molecular flexibility index (Phi) is 7.67. The van der Waals surface area contributed by atoms with Gasteiger partial charge in [-0.15, -0.1) is 0 Å². The number of carbonyl (C=O) groups excluding carboxylic acids is 2. The normalized spacial score (nSPS) is 11.9. The molecule has 0 heterocycles. The first-order valence-electron chi connectivity index (χ1n) is 12.6. The molecule has 4 aromatic carbocycles. The molecule has 40 heavy (non-hydrogen) atoms. The largest absolute Gasteiger partial charge is 0.383 e. The number of non-ortho nitro benzene ring substituents is 1. The topological polar surface area (TPSA) is 151 Å². The highest BCUT2D eigenvalue weighted by Gasteiger charge is 2.33. The molecule has 0 saturated carbocycles. The smallest absolute Gasteiger partial charge is 0.277 e. The van der Waals surface area contributed by atoms with Crippen molar-refractivity contribution in [2.45, 2.75) is 0 Å². The number of nitro benzene ring substituents is 1. The summed E-state index contributed by atoms with van der Waals surface area (Å²) < 4.78 is 0. The van der Waals surface area contributed by atoms with Crippen LogP contribution in [0, 0.1) is 10.1 Å². The Labute approximate surface area is 235 Å². The fourth-order valence-corrected chi connectivity index (χ4v) is 5.03. The van der Waals surface area contributed by atoms with Crippen LogP contribution in [-0.2, 0) is 0 Å². The molecule has 0 aliphatic heterocycles. The molecule has 0 spiro atoms. The number of carbonyl (C=O) groups is 2. The second-order valence-corrected chi connectivity index (χ2v) is 9.48. The van der Waals surface area contributed by atoms with Gasteiger partial charge in [-0.2, -0.15) is 0 Å². The number of nitrogens with zero attached hydrogens (tertiary/aromatic N) is 1. The SMILES string of the molecule is NCCNc1ccc(NCCNC(=S)Nc2ccc([N+](=O)[O-])c3ccccc23)c2c1C(=O)c1ccccc1C2=O. The molecule has 0 unspecified atom stereocenters. The Morgan fingerprint density at radius 1 is 0.750 bits per heavy atom. The van der Waals surface area contributed by atoms with Crippen molar-refractivity contribution >= 4 is 62.4 Å². The average molecular weight is 555 g/mol. The van der Waals surface area contributed by atoms with E-state index in [2.05, 4.69) is 21.3 Å². The van der Waals surface area contributed by atoms with Crippen molar-refractivity contribution in [3.05, 3.63) is 105 Å². The van der Waals surface area contributed by atoms with E-state index in [9.17, 15) is 19.7 Å². The van der Waals surface area contributed by atoms with Gasteiger partial charge < -0.3 is 27.0 Å². The molecule has 10 nitrogen and oxygen atoms in total. The molecule has 0 saturated heterocycles.